The highest BCUT2D eigenvalue weighted by atomic mass is 16.1. The third-order valence-electron chi connectivity index (χ3n) is 3.39. The van der Waals surface area contributed by atoms with Crippen molar-refractivity contribution in [1.29, 1.82) is 0 Å². The minimum absolute atomic E-state index is 0.178. The molecule has 0 unspecified atom stereocenters. The molecule has 0 fully saturated rings. The molecular weight excluding hydrogens is 252 g/mol. The number of nitrogens with zero attached hydrogens (tertiary/aromatic N) is 2. The number of nitrogens with one attached hydrogen (secondary N) is 2. The van der Waals surface area contributed by atoms with Crippen LogP contribution in [0.3, 0.4) is 0 Å². The molecule has 0 aliphatic carbocycles. The van der Waals surface area contributed by atoms with Crippen molar-refractivity contribution in [3.05, 3.63) is 53.5 Å². The van der Waals surface area contributed by atoms with Gasteiger partial charge in [-0.3, -0.25) is 4.79 Å². The molecule has 0 bridgehead atoms. The molecule has 3 aromatic rings. The molecule has 2 aromatic heterocycles. The number of hydrogen-bond acceptors (Lipinski definition) is 3. The van der Waals surface area contributed by atoms with Gasteiger partial charge >= 0.3 is 0 Å². The van der Waals surface area contributed by atoms with Crippen molar-refractivity contribution in [2.45, 2.75) is 13.8 Å². The van der Waals surface area contributed by atoms with E-state index < -0.39 is 0 Å². The number of rotatable bonds is 2. The molecule has 2 heterocycles. The lowest BCUT2D eigenvalue weighted by atomic mass is 10.1. The third kappa shape index (κ3) is 2.14. The lowest BCUT2D eigenvalue weighted by Crippen LogP contribution is -2.13. The van der Waals surface area contributed by atoms with Crippen molar-refractivity contribution in [1.82, 2.24) is 15.0 Å². The fourth-order valence-electron chi connectivity index (χ4n) is 2.03. The first-order valence-corrected chi connectivity index (χ1v) is 6.32. The van der Waals surface area contributed by atoms with Crippen molar-refractivity contribution in [2.24, 2.45) is 0 Å². The van der Waals surface area contributed by atoms with Gasteiger partial charge in [-0.25, -0.2) is 9.97 Å². The number of amides is 1. The van der Waals surface area contributed by atoms with Crippen LogP contribution in [0.25, 0.3) is 11.2 Å². The summed E-state index contributed by atoms with van der Waals surface area (Å²) < 4.78 is 0. The predicted octanol–water partition coefficient (Wildman–Crippen LogP) is 2.83. The standard InChI is InChI=1S/C15H14N4O/c1-9-4-3-5-12(10(9)2)19-15(20)11-6-13-14(16-7-11)18-8-17-13/h3-8H,1-2H3,(H,19,20)(H,16,17,18). The van der Waals surface area contributed by atoms with E-state index in [1.54, 1.807) is 12.4 Å². The Kier molecular flexibility index (Phi) is 2.95. The number of pyridine rings is 1. The molecule has 0 atom stereocenters. The second-order valence-electron chi connectivity index (χ2n) is 4.70. The highest BCUT2D eigenvalue weighted by Gasteiger charge is 2.10. The number of benzene rings is 1. The van der Waals surface area contributed by atoms with E-state index in [-0.39, 0.29) is 5.91 Å². The number of anilines is 1. The fourth-order valence-corrected chi connectivity index (χ4v) is 2.03. The fraction of sp³-hybridized carbons (Fsp3) is 0.133. The number of carbonyl (C=O) groups excluding carboxylic acids is 1. The van der Waals surface area contributed by atoms with E-state index in [0.29, 0.717) is 11.2 Å². The molecular formula is C15H14N4O. The number of H-pyrrole nitrogens is 1. The summed E-state index contributed by atoms with van der Waals surface area (Å²) in [5.74, 6) is -0.178. The van der Waals surface area contributed by atoms with Crippen LogP contribution in [0, 0.1) is 13.8 Å². The normalized spacial score (nSPS) is 10.7. The Balaban J connectivity index is 1.90. The van der Waals surface area contributed by atoms with Crippen molar-refractivity contribution in [2.75, 3.05) is 5.32 Å². The highest BCUT2D eigenvalue weighted by molar-refractivity contribution is 6.05. The third-order valence-corrected chi connectivity index (χ3v) is 3.39. The lowest BCUT2D eigenvalue weighted by Gasteiger charge is -2.10. The number of carbonyl (C=O) groups is 1. The quantitative estimate of drug-likeness (QED) is 0.749. The summed E-state index contributed by atoms with van der Waals surface area (Å²) in [6.07, 6.45) is 3.09. The van der Waals surface area contributed by atoms with Gasteiger partial charge in [0, 0.05) is 11.9 Å². The van der Waals surface area contributed by atoms with Gasteiger partial charge in [-0.2, -0.15) is 0 Å². The largest absolute Gasteiger partial charge is 0.343 e. The molecule has 0 aliphatic rings. The SMILES string of the molecule is Cc1cccc(NC(=O)c2cnc3nc[nH]c3c2)c1C. The van der Waals surface area contributed by atoms with E-state index in [1.807, 2.05) is 32.0 Å². The van der Waals surface area contributed by atoms with Gasteiger partial charge < -0.3 is 10.3 Å². The predicted molar refractivity (Wildman–Crippen MR) is 77.8 cm³/mol. The molecule has 0 radical (unpaired) electrons. The maximum atomic E-state index is 12.3. The van der Waals surface area contributed by atoms with Gasteiger partial charge in [0.05, 0.1) is 17.4 Å². The molecule has 0 spiro atoms. The highest BCUT2D eigenvalue weighted by Crippen LogP contribution is 2.19. The Morgan fingerprint density at radius 2 is 2.10 bits per heavy atom. The van der Waals surface area contributed by atoms with Gasteiger partial charge in [0.2, 0.25) is 0 Å². The molecule has 0 aliphatic heterocycles. The van der Waals surface area contributed by atoms with Crippen LogP contribution >= 0.6 is 0 Å². The first-order valence-electron chi connectivity index (χ1n) is 6.32. The number of fused-ring (bicyclic) bond motifs is 1. The van der Waals surface area contributed by atoms with Crippen LogP contribution in [0.1, 0.15) is 21.5 Å². The van der Waals surface area contributed by atoms with Crippen molar-refractivity contribution in [3.8, 4) is 0 Å². The Hall–Kier alpha value is -2.69. The summed E-state index contributed by atoms with van der Waals surface area (Å²) in [5.41, 5.74) is 4.88. The van der Waals surface area contributed by atoms with E-state index in [9.17, 15) is 4.79 Å². The van der Waals surface area contributed by atoms with Crippen molar-refractivity contribution < 1.29 is 4.79 Å². The van der Waals surface area contributed by atoms with Crippen molar-refractivity contribution >= 4 is 22.8 Å². The van der Waals surface area contributed by atoms with Crippen LogP contribution < -0.4 is 5.32 Å². The summed E-state index contributed by atoms with van der Waals surface area (Å²) >= 11 is 0. The van der Waals surface area contributed by atoms with Gasteiger partial charge in [0.15, 0.2) is 5.65 Å². The number of aromatic amines is 1. The molecule has 20 heavy (non-hydrogen) atoms. The molecule has 0 saturated carbocycles. The van der Waals surface area contributed by atoms with E-state index >= 15 is 0 Å². The van der Waals surface area contributed by atoms with Gasteiger partial charge in [-0.15, -0.1) is 0 Å². The summed E-state index contributed by atoms with van der Waals surface area (Å²) in [5, 5.41) is 2.91. The lowest BCUT2D eigenvalue weighted by molar-refractivity contribution is 0.102. The molecule has 100 valence electrons. The Bertz CT molecular complexity index is 791. The molecule has 3 rings (SSSR count). The Morgan fingerprint density at radius 1 is 1.25 bits per heavy atom. The van der Waals surface area contributed by atoms with Crippen LogP contribution in [0.15, 0.2) is 36.8 Å². The second-order valence-corrected chi connectivity index (χ2v) is 4.70. The number of imidazole rings is 1. The number of aryl methyl sites for hydroxylation is 1. The van der Waals surface area contributed by atoms with Crippen LogP contribution in [0.5, 0.6) is 0 Å². The topological polar surface area (TPSA) is 70.7 Å². The Morgan fingerprint density at radius 3 is 2.95 bits per heavy atom. The molecule has 5 nitrogen and oxygen atoms in total. The van der Waals surface area contributed by atoms with E-state index in [1.165, 1.54) is 6.20 Å². The van der Waals surface area contributed by atoms with E-state index in [2.05, 4.69) is 20.3 Å². The number of aromatic nitrogens is 3. The van der Waals surface area contributed by atoms with Crippen molar-refractivity contribution in [3.63, 3.8) is 0 Å². The summed E-state index contributed by atoms with van der Waals surface area (Å²) in [7, 11) is 0. The first-order chi connectivity index (χ1) is 9.65. The summed E-state index contributed by atoms with van der Waals surface area (Å²) in [6, 6.07) is 7.58. The summed E-state index contributed by atoms with van der Waals surface area (Å²) in [4.78, 5) is 23.4. The summed E-state index contributed by atoms with van der Waals surface area (Å²) in [6.45, 7) is 4.00. The molecule has 5 heteroatoms. The van der Waals surface area contributed by atoms with Crippen LogP contribution in [0.4, 0.5) is 5.69 Å². The Labute approximate surface area is 116 Å². The maximum absolute atomic E-state index is 12.3. The van der Waals surface area contributed by atoms with E-state index in [0.717, 1.165) is 22.3 Å². The first kappa shape index (κ1) is 12.3. The zero-order valence-corrected chi connectivity index (χ0v) is 11.3. The molecule has 1 aromatic carbocycles. The van der Waals surface area contributed by atoms with Gasteiger partial charge in [0.1, 0.15) is 0 Å². The van der Waals surface area contributed by atoms with Gasteiger partial charge in [-0.05, 0) is 37.1 Å². The molecule has 1 amide bonds. The number of hydrogen-bond donors (Lipinski definition) is 2. The van der Waals surface area contributed by atoms with Gasteiger partial charge in [-0.1, -0.05) is 12.1 Å². The maximum Gasteiger partial charge on any atom is 0.257 e. The van der Waals surface area contributed by atoms with Crippen LogP contribution in [-0.4, -0.2) is 20.9 Å². The molecule has 2 N–H and O–H groups in total. The van der Waals surface area contributed by atoms with E-state index in [4.69, 9.17) is 0 Å². The van der Waals surface area contributed by atoms with Gasteiger partial charge in [0.25, 0.3) is 5.91 Å². The monoisotopic (exact) mass is 266 g/mol. The smallest absolute Gasteiger partial charge is 0.257 e. The average Bonchev–Trinajstić information content (AvgIpc) is 2.91. The zero-order valence-electron chi connectivity index (χ0n) is 11.3. The van der Waals surface area contributed by atoms with Crippen LogP contribution in [-0.2, 0) is 0 Å². The van der Waals surface area contributed by atoms with Crippen LogP contribution in [0.2, 0.25) is 0 Å². The average molecular weight is 266 g/mol. The molecule has 0 saturated heterocycles. The minimum atomic E-state index is -0.178. The minimum Gasteiger partial charge on any atom is -0.343 e. The second kappa shape index (κ2) is 4.77. The zero-order chi connectivity index (χ0) is 14.1.